The van der Waals surface area contributed by atoms with Gasteiger partial charge in [-0.1, -0.05) is 19.9 Å². The molecule has 0 saturated heterocycles. The summed E-state index contributed by atoms with van der Waals surface area (Å²) < 4.78 is 31.8. The summed E-state index contributed by atoms with van der Waals surface area (Å²) in [5, 5.41) is 2.66. The average molecular weight is 384 g/mol. The van der Waals surface area contributed by atoms with Crippen molar-refractivity contribution in [2.75, 3.05) is 13.1 Å². The summed E-state index contributed by atoms with van der Waals surface area (Å²) in [6.45, 7) is 10.9. The molecule has 0 heterocycles. The molecule has 0 spiro atoms. The fraction of sp³-hybridized carbons (Fsp3) is 0.556. The Morgan fingerprint density at radius 1 is 1.15 bits per heavy atom. The molecule has 0 bridgehead atoms. The van der Waals surface area contributed by atoms with E-state index in [1.807, 2.05) is 0 Å². The van der Waals surface area contributed by atoms with Crippen molar-refractivity contribution in [3.63, 3.8) is 0 Å². The highest BCUT2D eigenvalue weighted by atomic mass is 32.2. The van der Waals surface area contributed by atoms with Crippen LogP contribution in [0.3, 0.4) is 0 Å². The molecule has 1 atom stereocenters. The summed E-state index contributed by atoms with van der Waals surface area (Å²) in [4.78, 5) is 24.4. The van der Waals surface area contributed by atoms with Crippen LogP contribution in [0.25, 0.3) is 0 Å². The molecule has 7 nitrogen and oxygen atoms in total. The van der Waals surface area contributed by atoms with E-state index < -0.39 is 28.0 Å². The summed E-state index contributed by atoms with van der Waals surface area (Å²) in [5.74, 6) is -1.14. The van der Waals surface area contributed by atoms with Gasteiger partial charge in [0.1, 0.15) is 0 Å². The van der Waals surface area contributed by atoms with Crippen molar-refractivity contribution in [2.24, 2.45) is 0 Å². The lowest BCUT2D eigenvalue weighted by Crippen LogP contribution is -2.39. The molecule has 1 rings (SSSR count). The van der Waals surface area contributed by atoms with E-state index in [2.05, 4.69) is 5.32 Å². The number of amides is 1. The number of nitrogens with one attached hydrogen (secondary N) is 1. The number of benzene rings is 1. The topological polar surface area (TPSA) is 92.8 Å². The molecule has 0 aliphatic heterocycles. The van der Waals surface area contributed by atoms with Crippen molar-refractivity contribution in [3.8, 4) is 0 Å². The molecule has 0 aromatic heterocycles. The van der Waals surface area contributed by atoms with Gasteiger partial charge in [0.15, 0.2) is 6.10 Å². The lowest BCUT2D eigenvalue weighted by Gasteiger charge is -2.19. The molecule has 0 aliphatic rings. The van der Waals surface area contributed by atoms with Crippen LogP contribution in [0.5, 0.6) is 0 Å². The predicted molar refractivity (Wildman–Crippen MR) is 99.4 cm³/mol. The zero-order valence-electron chi connectivity index (χ0n) is 16.2. The Labute approximate surface area is 155 Å². The number of hydrogen-bond acceptors (Lipinski definition) is 5. The van der Waals surface area contributed by atoms with Crippen LogP contribution >= 0.6 is 0 Å². The third-order valence-corrected chi connectivity index (χ3v) is 5.90. The van der Waals surface area contributed by atoms with Gasteiger partial charge in [0, 0.05) is 19.1 Å². The molecule has 1 amide bonds. The molecule has 1 N–H and O–H groups in total. The number of ether oxygens (including phenoxy) is 1. The molecule has 1 aromatic rings. The molecule has 0 aliphatic carbocycles. The Morgan fingerprint density at radius 3 is 2.23 bits per heavy atom. The van der Waals surface area contributed by atoms with Crippen molar-refractivity contribution in [1.29, 1.82) is 0 Å². The van der Waals surface area contributed by atoms with Gasteiger partial charge in [-0.15, -0.1) is 0 Å². The fourth-order valence-electron chi connectivity index (χ4n) is 2.37. The van der Waals surface area contributed by atoms with Gasteiger partial charge in [0.05, 0.1) is 10.5 Å². The van der Waals surface area contributed by atoms with E-state index in [1.165, 1.54) is 23.4 Å². The van der Waals surface area contributed by atoms with Crippen LogP contribution in [-0.2, 0) is 19.6 Å². The summed E-state index contributed by atoms with van der Waals surface area (Å²) in [7, 11) is -3.69. The quantitative estimate of drug-likeness (QED) is 0.693. The van der Waals surface area contributed by atoms with E-state index in [1.54, 1.807) is 40.7 Å². The molecule has 0 fully saturated rings. The number of esters is 1. The van der Waals surface area contributed by atoms with Gasteiger partial charge in [-0.2, -0.15) is 4.31 Å². The highest BCUT2D eigenvalue weighted by Crippen LogP contribution is 2.20. The van der Waals surface area contributed by atoms with Gasteiger partial charge in [0.2, 0.25) is 10.0 Å². The smallest absolute Gasteiger partial charge is 0.339 e. The number of rotatable bonds is 8. The SMILES string of the molecule is CCN(CC)S(=O)(=O)c1ccc(C)c(C(=O)O[C@H](C)C(=O)NC(C)C)c1. The van der Waals surface area contributed by atoms with E-state index in [0.717, 1.165) is 0 Å². The van der Waals surface area contributed by atoms with Crippen LogP contribution in [0.4, 0.5) is 0 Å². The minimum absolute atomic E-state index is 0.0260. The van der Waals surface area contributed by atoms with E-state index >= 15 is 0 Å². The van der Waals surface area contributed by atoms with Gasteiger partial charge in [-0.25, -0.2) is 13.2 Å². The first-order valence-corrected chi connectivity index (χ1v) is 10.1. The number of sulfonamides is 1. The molecule has 146 valence electrons. The Bertz CT molecular complexity index is 755. The number of nitrogens with zero attached hydrogens (tertiary/aromatic N) is 1. The maximum Gasteiger partial charge on any atom is 0.339 e. The predicted octanol–water partition coefficient (Wildman–Crippen LogP) is 2.10. The van der Waals surface area contributed by atoms with Crippen molar-refractivity contribution in [2.45, 2.75) is 58.6 Å². The molecular weight excluding hydrogens is 356 g/mol. The number of hydrogen-bond donors (Lipinski definition) is 1. The third-order valence-electron chi connectivity index (χ3n) is 3.86. The largest absolute Gasteiger partial charge is 0.449 e. The van der Waals surface area contributed by atoms with E-state index in [9.17, 15) is 18.0 Å². The number of carbonyl (C=O) groups is 2. The lowest BCUT2D eigenvalue weighted by molar-refractivity contribution is -0.129. The maximum absolute atomic E-state index is 12.6. The van der Waals surface area contributed by atoms with Crippen molar-refractivity contribution in [3.05, 3.63) is 29.3 Å². The highest BCUT2D eigenvalue weighted by Gasteiger charge is 2.25. The van der Waals surface area contributed by atoms with Gasteiger partial charge < -0.3 is 10.1 Å². The Morgan fingerprint density at radius 2 is 1.73 bits per heavy atom. The fourth-order valence-corrected chi connectivity index (χ4v) is 3.86. The normalized spacial score (nSPS) is 12.9. The first-order valence-electron chi connectivity index (χ1n) is 8.66. The zero-order valence-corrected chi connectivity index (χ0v) is 17.0. The highest BCUT2D eigenvalue weighted by molar-refractivity contribution is 7.89. The molecule has 0 unspecified atom stereocenters. The summed E-state index contributed by atoms with van der Waals surface area (Å²) >= 11 is 0. The van der Waals surface area contributed by atoms with Gasteiger partial charge in [-0.3, -0.25) is 4.79 Å². The van der Waals surface area contributed by atoms with Crippen LogP contribution in [0.15, 0.2) is 23.1 Å². The first-order chi connectivity index (χ1) is 12.0. The van der Waals surface area contributed by atoms with E-state index in [0.29, 0.717) is 18.7 Å². The standard InChI is InChI=1S/C18H28N2O5S/c1-7-20(8-2)26(23,24)15-10-9-13(5)16(11-15)18(22)25-14(6)17(21)19-12(3)4/h9-12,14H,7-8H2,1-6H3,(H,19,21)/t14-/m1/s1. The number of carbonyl (C=O) groups excluding carboxylic acids is 2. The monoisotopic (exact) mass is 384 g/mol. The van der Waals surface area contributed by atoms with Crippen molar-refractivity contribution < 1.29 is 22.7 Å². The van der Waals surface area contributed by atoms with Gasteiger partial charge in [0.25, 0.3) is 5.91 Å². The molecule has 0 saturated carbocycles. The van der Waals surface area contributed by atoms with Gasteiger partial charge >= 0.3 is 5.97 Å². The van der Waals surface area contributed by atoms with Crippen LogP contribution in [0, 0.1) is 6.92 Å². The van der Waals surface area contributed by atoms with E-state index in [-0.39, 0.29) is 16.5 Å². The molecule has 8 heteroatoms. The average Bonchev–Trinajstić information content (AvgIpc) is 2.55. The van der Waals surface area contributed by atoms with Crippen LogP contribution in [0.1, 0.15) is 50.5 Å². The second kappa shape index (κ2) is 9.14. The minimum atomic E-state index is -3.69. The molecular formula is C18H28N2O5S. The summed E-state index contributed by atoms with van der Waals surface area (Å²) in [5.41, 5.74) is 0.701. The van der Waals surface area contributed by atoms with Crippen LogP contribution < -0.4 is 5.32 Å². The van der Waals surface area contributed by atoms with Crippen molar-refractivity contribution in [1.82, 2.24) is 9.62 Å². The minimum Gasteiger partial charge on any atom is -0.449 e. The second-order valence-corrected chi connectivity index (χ2v) is 8.21. The maximum atomic E-state index is 12.6. The Kier molecular flexibility index (Phi) is 7.77. The Balaban J connectivity index is 3.11. The lowest BCUT2D eigenvalue weighted by atomic mass is 10.1. The second-order valence-electron chi connectivity index (χ2n) is 6.28. The van der Waals surface area contributed by atoms with Crippen LogP contribution in [0.2, 0.25) is 0 Å². The molecule has 26 heavy (non-hydrogen) atoms. The first kappa shape index (κ1) is 22.1. The molecule has 0 radical (unpaired) electrons. The third kappa shape index (κ3) is 5.28. The Hall–Kier alpha value is -1.93. The van der Waals surface area contributed by atoms with Crippen molar-refractivity contribution >= 4 is 21.9 Å². The number of aryl methyl sites for hydroxylation is 1. The summed E-state index contributed by atoms with van der Waals surface area (Å²) in [6, 6.07) is 4.26. The van der Waals surface area contributed by atoms with Crippen LogP contribution in [-0.4, -0.2) is 49.8 Å². The molecule has 1 aromatic carbocycles. The van der Waals surface area contributed by atoms with Gasteiger partial charge in [-0.05, 0) is 45.4 Å². The summed E-state index contributed by atoms with van der Waals surface area (Å²) in [6.07, 6.45) is -0.979. The zero-order chi connectivity index (χ0) is 20.1. The van der Waals surface area contributed by atoms with E-state index in [4.69, 9.17) is 4.74 Å².